The molecule has 0 bridgehead atoms. The standard InChI is InChI=1S/C23H32ClN5O2/c1-16-3-9-20(10-4-16)25-23(30)17(2)29-13-11-28(12-14-29)15-21-26-22(27-31-21)18-5-7-19(24)8-6-18/h5-8,16-17,20H,3-4,9-15H2,1-2H3,(H,25,30). The normalized spacial score (nSPS) is 24.1. The number of nitrogens with zero attached hydrogens (tertiary/aromatic N) is 4. The monoisotopic (exact) mass is 445 g/mol. The van der Waals surface area contributed by atoms with E-state index < -0.39 is 0 Å². The van der Waals surface area contributed by atoms with Crippen LogP contribution >= 0.6 is 11.6 Å². The third-order valence-corrected chi connectivity index (χ3v) is 6.88. The lowest BCUT2D eigenvalue weighted by molar-refractivity contribution is -0.127. The summed E-state index contributed by atoms with van der Waals surface area (Å²) in [5.41, 5.74) is 0.886. The first-order chi connectivity index (χ1) is 15.0. The molecule has 31 heavy (non-hydrogen) atoms. The molecule has 1 atom stereocenters. The van der Waals surface area contributed by atoms with Crippen molar-refractivity contribution in [1.82, 2.24) is 25.3 Å². The van der Waals surface area contributed by atoms with Gasteiger partial charge in [-0.15, -0.1) is 0 Å². The van der Waals surface area contributed by atoms with Crippen molar-refractivity contribution >= 4 is 17.5 Å². The van der Waals surface area contributed by atoms with Crippen molar-refractivity contribution in [3.05, 3.63) is 35.2 Å². The van der Waals surface area contributed by atoms with Gasteiger partial charge in [-0.3, -0.25) is 14.6 Å². The van der Waals surface area contributed by atoms with Crippen LogP contribution in [0.5, 0.6) is 0 Å². The first-order valence-electron chi connectivity index (χ1n) is 11.3. The average molecular weight is 446 g/mol. The Morgan fingerprint density at radius 1 is 1.16 bits per heavy atom. The van der Waals surface area contributed by atoms with Gasteiger partial charge in [0.2, 0.25) is 17.6 Å². The maximum atomic E-state index is 12.7. The molecule has 1 saturated carbocycles. The molecule has 1 aliphatic heterocycles. The van der Waals surface area contributed by atoms with E-state index in [0.29, 0.717) is 29.3 Å². The van der Waals surface area contributed by atoms with Crippen molar-refractivity contribution in [3.63, 3.8) is 0 Å². The van der Waals surface area contributed by atoms with Gasteiger partial charge in [-0.2, -0.15) is 4.98 Å². The van der Waals surface area contributed by atoms with Crippen molar-refractivity contribution in [2.75, 3.05) is 26.2 Å². The molecule has 1 saturated heterocycles. The molecule has 1 amide bonds. The summed E-state index contributed by atoms with van der Waals surface area (Å²) in [6.45, 7) is 8.40. The van der Waals surface area contributed by atoms with Gasteiger partial charge in [-0.25, -0.2) is 0 Å². The van der Waals surface area contributed by atoms with Crippen molar-refractivity contribution in [2.45, 2.75) is 58.2 Å². The molecule has 0 spiro atoms. The molecular weight excluding hydrogens is 414 g/mol. The fraction of sp³-hybridized carbons (Fsp3) is 0.609. The van der Waals surface area contributed by atoms with Crippen LogP contribution in [-0.2, 0) is 11.3 Å². The summed E-state index contributed by atoms with van der Waals surface area (Å²) in [6.07, 6.45) is 4.64. The zero-order chi connectivity index (χ0) is 21.8. The Kier molecular flexibility index (Phi) is 7.25. The van der Waals surface area contributed by atoms with E-state index >= 15 is 0 Å². The van der Waals surface area contributed by atoms with Crippen LogP contribution in [-0.4, -0.2) is 64.1 Å². The Morgan fingerprint density at radius 2 is 1.84 bits per heavy atom. The number of piperazine rings is 1. The van der Waals surface area contributed by atoms with Crippen LogP contribution in [0.15, 0.2) is 28.8 Å². The number of amides is 1. The highest BCUT2D eigenvalue weighted by atomic mass is 35.5. The summed E-state index contributed by atoms with van der Waals surface area (Å²) in [6, 6.07) is 7.66. The van der Waals surface area contributed by atoms with Crippen LogP contribution < -0.4 is 5.32 Å². The third kappa shape index (κ3) is 5.84. The molecule has 4 rings (SSSR count). The van der Waals surface area contributed by atoms with Crippen molar-refractivity contribution < 1.29 is 9.32 Å². The molecule has 2 fully saturated rings. The summed E-state index contributed by atoms with van der Waals surface area (Å²) >= 11 is 5.94. The fourth-order valence-electron chi connectivity index (χ4n) is 4.43. The molecule has 168 valence electrons. The highest BCUT2D eigenvalue weighted by Gasteiger charge is 2.28. The van der Waals surface area contributed by atoms with Gasteiger partial charge in [0.15, 0.2) is 0 Å². The molecule has 1 aliphatic carbocycles. The Morgan fingerprint density at radius 3 is 2.52 bits per heavy atom. The van der Waals surface area contributed by atoms with Gasteiger partial charge in [-0.1, -0.05) is 23.7 Å². The zero-order valence-electron chi connectivity index (χ0n) is 18.4. The predicted molar refractivity (Wildman–Crippen MR) is 121 cm³/mol. The number of aromatic nitrogens is 2. The van der Waals surface area contributed by atoms with Gasteiger partial charge in [0, 0.05) is 42.8 Å². The first kappa shape index (κ1) is 22.2. The smallest absolute Gasteiger partial charge is 0.241 e. The second-order valence-electron chi connectivity index (χ2n) is 8.97. The summed E-state index contributed by atoms with van der Waals surface area (Å²) < 4.78 is 5.44. The summed E-state index contributed by atoms with van der Waals surface area (Å²) in [5.74, 6) is 2.14. The van der Waals surface area contributed by atoms with Gasteiger partial charge < -0.3 is 9.84 Å². The van der Waals surface area contributed by atoms with Gasteiger partial charge >= 0.3 is 0 Å². The van der Waals surface area contributed by atoms with Crippen LogP contribution in [0.25, 0.3) is 11.4 Å². The van der Waals surface area contributed by atoms with Crippen molar-refractivity contribution in [2.24, 2.45) is 5.92 Å². The van der Waals surface area contributed by atoms with Crippen molar-refractivity contribution in [3.8, 4) is 11.4 Å². The Hall–Kier alpha value is -1.96. The van der Waals surface area contributed by atoms with E-state index in [0.717, 1.165) is 50.5 Å². The van der Waals surface area contributed by atoms with E-state index in [9.17, 15) is 4.79 Å². The number of carbonyl (C=O) groups excluding carboxylic acids is 1. The molecule has 2 aromatic rings. The molecule has 1 aromatic heterocycles. The second kappa shape index (κ2) is 10.1. The number of nitrogens with one attached hydrogen (secondary N) is 1. The Balaban J connectivity index is 1.23. The van der Waals surface area contributed by atoms with E-state index in [-0.39, 0.29) is 11.9 Å². The first-order valence-corrected chi connectivity index (χ1v) is 11.7. The molecule has 1 aromatic carbocycles. The minimum absolute atomic E-state index is 0.0959. The average Bonchev–Trinajstić information content (AvgIpc) is 3.24. The van der Waals surface area contributed by atoms with Gasteiger partial charge in [-0.05, 0) is 62.8 Å². The number of benzene rings is 1. The number of carbonyl (C=O) groups is 1. The second-order valence-corrected chi connectivity index (χ2v) is 9.41. The van der Waals surface area contributed by atoms with E-state index in [2.05, 4.69) is 32.2 Å². The number of rotatable bonds is 6. The minimum Gasteiger partial charge on any atom is -0.352 e. The molecule has 1 unspecified atom stereocenters. The van der Waals surface area contributed by atoms with E-state index in [1.807, 2.05) is 31.2 Å². The molecule has 2 heterocycles. The molecule has 1 N–H and O–H groups in total. The summed E-state index contributed by atoms with van der Waals surface area (Å²) in [4.78, 5) is 21.8. The van der Waals surface area contributed by atoms with Gasteiger partial charge in [0.25, 0.3) is 0 Å². The number of hydrogen-bond donors (Lipinski definition) is 1. The number of halogens is 1. The van der Waals surface area contributed by atoms with E-state index in [1.165, 1.54) is 12.8 Å². The SMILES string of the molecule is CC1CCC(NC(=O)C(C)N2CCN(Cc3nc(-c4ccc(Cl)cc4)no3)CC2)CC1. The summed E-state index contributed by atoms with van der Waals surface area (Å²) in [7, 11) is 0. The zero-order valence-corrected chi connectivity index (χ0v) is 19.1. The van der Waals surface area contributed by atoms with Crippen LogP contribution in [0.4, 0.5) is 0 Å². The third-order valence-electron chi connectivity index (χ3n) is 6.63. The number of hydrogen-bond acceptors (Lipinski definition) is 6. The molecule has 0 radical (unpaired) electrons. The molecule has 8 heteroatoms. The lowest BCUT2D eigenvalue weighted by Crippen LogP contribution is -2.55. The minimum atomic E-state index is -0.0959. The van der Waals surface area contributed by atoms with Gasteiger partial charge in [0.05, 0.1) is 12.6 Å². The molecule has 2 aliphatic rings. The topological polar surface area (TPSA) is 74.5 Å². The highest BCUT2D eigenvalue weighted by Crippen LogP contribution is 2.24. The maximum Gasteiger partial charge on any atom is 0.241 e. The lowest BCUT2D eigenvalue weighted by atomic mass is 9.87. The van der Waals surface area contributed by atoms with Crippen LogP contribution in [0.2, 0.25) is 5.02 Å². The predicted octanol–water partition coefficient (Wildman–Crippen LogP) is 3.59. The van der Waals surface area contributed by atoms with Crippen molar-refractivity contribution in [1.29, 1.82) is 0 Å². The maximum absolute atomic E-state index is 12.7. The van der Waals surface area contributed by atoms with Gasteiger partial charge in [0.1, 0.15) is 0 Å². The quantitative estimate of drug-likeness (QED) is 0.732. The fourth-order valence-corrected chi connectivity index (χ4v) is 4.55. The Bertz CT molecular complexity index is 855. The Labute approximate surface area is 189 Å². The molecular formula is C23H32ClN5O2. The van der Waals surface area contributed by atoms with Crippen LogP contribution in [0, 0.1) is 5.92 Å². The van der Waals surface area contributed by atoms with E-state index in [1.54, 1.807) is 0 Å². The lowest BCUT2D eigenvalue weighted by Gasteiger charge is -2.37. The van der Waals surface area contributed by atoms with Crippen LogP contribution in [0.3, 0.4) is 0 Å². The molecule has 7 nitrogen and oxygen atoms in total. The van der Waals surface area contributed by atoms with Crippen LogP contribution in [0.1, 0.15) is 45.4 Å². The largest absolute Gasteiger partial charge is 0.352 e. The summed E-state index contributed by atoms with van der Waals surface area (Å²) in [5, 5.41) is 8.04. The van der Waals surface area contributed by atoms with E-state index in [4.69, 9.17) is 16.1 Å². The highest BCUT2D eigenvalue weighted by molar-refractivity contribution is 6.30.